The summed E-state index contributed by atoms with van der Waals surface area (Å²) in [7, 11) is 0. The van der Waals surface area contributed by atoms with Gasteiger partial charge in [0, 0.05) is 18.8 Å². The number of hydrogen-bond acceptors (Lipinski definition) is 7. The number of para-hydroxylation sites is 1. The van der Waals surface area contributed by atoms with Gasteiger partial charge in [0.25, 0.3) is 5.56 Å². The SMILES string of the molecule is Cc1cccc(C)c1NC(=O)Cn1nc(-c2ccco2)c2sc(N3CCCCC3)nc2c1=O. The van der Waals surface area contributed by atoms with E-state index in [2.05, 4.69) is 20.3 Å². The largest absolute Gasteiger partial charge is 0.463 e. The van der Waals surface area contributed by atoms with E-state index >= 15 is 0 Å². The number of nitrogens with zero attached hydrogens (tertiary/aromatic N) is 4. The summed E-state index contributed by atoms with van der Waals surface area (Å²) in [6, 6.07) is 9.39. The Labute approximate surface area is 194 Å². The van der Waals surface area contributed by atoms with Crippen LogP contribution in [0.2, 0.25) is 0 Å². The number of aryl methyl sites for hydroxylation is 2. The highest BCUT2D eigenvalue weighted by molar-refractivity contribution is 7.22. The molecule has 33 heavy (non-hydrogen) atoms. The molecule has 1 aromatic carbocycles. The summed E-state index contributed by atoms with van der Waals surface area (Å²) in [5.74, 6) is 0.218. The fourth-order valence-corrected chi connectivity index (χ4v) is 5.28. The summed E-state index contributed by atoms with van der Waals surface area (Å²) < 4.78 is 7.46. The van der Waals surface area contributed by atoms with Gasteiger partial charge in [0.1, 0.15) is 12.2 Å². The molecule has 0 aliphatic carbocycles. The minimum Gasteiger partial charge on any atom is -0.463 e. The third-order valence-electron chi connectivity index (χ3n) is 5.91. The van der Waals surface area contributed by atoms with E-state index in [1.54, 1.807) is 18.4 Å². The van der Waals surface area contributed by atoms with Crippen LogP contribution >= 0.6 is 11.3 Å². The summed E-state index contributed by atoms with van der Waals surface area (Å²) in [6.07, 6.45) is 5.01. The summed E-state index contributed by atoms with van der Waals surface area (Å²) in [5, 5.41) is 8.27. The number of fused-ring (bicyclic) bond motifs is 1. The van der Waals surface area contributed by atoms with Crippen LogP contribution in [0, 0.1) is 13.8 Å². The zero-order valence-corrected chi connectivity index (χ0v) is 19.4. The number of rotatable bonds is 5. The molecule has 170 valence electrons. The molecule has 0 atom stereocenters. The highest BCUT2D eigenvalue weighted by Crippen LogP contribution is 2.34. The van der Waals surface area contributed by atoms with Gasteiger partial charge in [0.15, 0.2) is 16.4 Å². The fraction of sp³-hybridized carbons (Fsp3) is 0.333. The molecule has 5 rings (SSSR count). The third-order valence-corrected chi connectivity index (χ3v) is 7.03. The molecule has 0 spiro atoms. The molecule has 0 unspecified atom stereocenters. The number of thiazole rings is 1. The normalized spacial score (nSPS) is 14.1. The van der Waals surface area contributed by atoms with Crippen LogP contribution in [0.15, 0.2) is 45.8 Å². The van der Waals surface area contributed by atoms with Gasteiger partial charge in [0.2, 0.25) is 5.91 Å². The summed E-state index contributed by atoms with van der Waals surface area (Å²) in [4.78, 5) is 33.1. The van der Waals surface area contributed by atoms with Gasteiger partial charge in [-0.1, -0.05) is 29.5 Å². The molecular weight excluding hydrogens is 438 g/mol. The molecule has 0 radical (unpaired) electrons. The summed E-state index contributed by atoms with van der Waals surface area (Å²) in [6.45, 7) is 5.51. The van der Waals surface area contributed by atoms with E-state index in [-0.39, 0.29) is 18.0 Å². The van der Waals surface area contributed by atoms with Crippen molar-refractivity contribution in [3.63, 3.8) is 0 Å². The van der Waals surface area contributed by atoms with Crippen molar-refractivity contribution in [1.82, 2.24) is 14.8 Å². The molecule has 1 aliphatic heterocycles. The quantitative estimate of drug-likeness (QED) is 0.473. The fourth-order valence-electron chi connectivity index (χ4n) is 4.18. The first-order valence-corrected chi connectivity index (χ1v) is 11.9. The predicted molar refractivity (Wildman–Crippen MR) is 130 cm³/mol. The molecule has 1 N–H and O–H groups in total. The molecule has 4 aromatic rings. The Morgan fingerprint density at radius 1 is 1.12 bits per heavy atom. The van der Waals surface area contributed by atoms with Crippen molar-refractivity contribution in [2.75, 3.05) is 23.3 Å². The van der Waals surface area contributed by atoms with Crippen LogP contribution in [0.1, 0.15) is 30.4 Å². The Hall–Kier alpha value is -3.46. The molecule has 1 amide bonds. The topological polar surface area (TPSA) is 93.3 Å². The number of aromatic nitrogens is 3. The molecule has 0 bridgehead atoms. The van der Waals surface area contributed by atoms with Crippen molar-refractivity contribution in [1.29, 1.82) is 0 Å². The zero-order valence-electron chi connectivity index (χ0n) is 18.6. The van der Waals surface area contributed by atoms with Crippen LogP contribution in [-0.2, 0) is 11.3 Å². The maximum atomic E-state index is 13.3. The molecule has 9 heteroatoms. The maximum Gasteiger partial charge on any atom is 0.294 e. The van der Waals surface area contributed by atoms with Crippen LogP contribution in [-0.4, -0.2) is 33.8 Å². The molecule has 1 saturated heterocycles. The average molecular weight is 464 g/mol. The molecule has 8 nitrogen and oxygen atoms in total. The van der Waals surface area contributed by atoms with E-state index < -0.39 is 0 Å². The minimum atomic E-state index is -0.378. The lowest BCUT2D eigenvalue weighted by molar-refractivity contribution is -0.117. The minimum absolute atomic E-state index is 0.215. The first kappa shape index (κ1) is 21.4. The molecule has 4 heterocycles. The summed E-state index contributed by atoms with van der Waals surface area (Å²) >= 11 is 1.46. The number of hydrogen-bond donors (Lipinski definition) is 1. The number of furan rings is 1. The Morgan fingerprint density at radius 3 is 2.58 bits per heavy atom. The molecule has 3 aromatic heterocycles. The molecule has 0 saturated carbocycles. The van der Waals surface area contributed by atoms with Crippen LogP contribution in [0.4, 0.5) is 10.8 Å². The molecular formula is C24H25N5O3S. The van der Waals surface area contributed by atoms with Crippen LogP contribution in [0.5, 0.6) is 0 Å². The van der Waals surface area contributed by atoms with Gasteiger partial charge >= 0.3 is 0 Å². The van der Waals surface area contributed by atoms with Crippen LogP contribution in [0.25, 0.3) is 21.7 Å². The Morgan fingerprint density at radius 2 is 1.88 bits per heavy atom. The van der Waals surface area contributed by atoms with Crippen molar-refractivity contribution in [2.24, 2.45) is 0 Å². The van der Waals surface area contributed by atoms with E-state index in [1.165, 1.54) is 22.4 Å². The third kappa shape index (κ3) is 4.16. The van der Waals surface area contributed by atoms with Crippen LogP contribution < -0.4 is 15.8 Å². The Kier molecular flexibility index (Phi) is 5.72. The highest BCUT2D eigenvalue weighted by Gasteiger charge is 2.23. The van der Waals surface area contributed by atoms with Crippen LogP contribution in [0.3, 0.4) is 0 Å². The van der Waals surface area contributed by atoms with Gasteiger partial charge < -0.3 is 14.6 Å². The number of carbonyl (C=O) groups excluding carboxylic acids is 1. The van der Waals surface area contributed by atoms with Crippen molar-refractivity contribution >= 4 is 38.3 Å². The zero-order chi connectivity index (χ0) is 22.9. The number of benzene rings is 1. The Bertz CT molecular complexity index is 1350. The predicted octanol–water partition coefficient (Wildman–Crippen LogP) is 4.36. The monoisotopic (exact) mass is 463 g/mol. The second-order valence-electron chi connectivity index (χ2n) is 8.33. The van der Waals surface area contributed by atoms with Crippen molar-refractivity contribution in [3.05, 3.63) is 58.1 Å². The van der Waals surface area contributed by atoms with Gasteiger partial charge in [-0.05, 0) is 56.4 Å². The second-order valence-corrected chi connectivity index (χ2v) is 9.30. The Balaban J connectivity index is 1.54. The second kappa shape index (κ2) is 8.82. The number of carbonyl (C=O) groups is 1. The van der Waals surface area contributed by atoms with E-state index in [4.69, 9.17) is 4.42 Å². The van der Waals surface area contributed by atoms with Crippen molar-refractivity contribution < 1.29 is 9.21 Å². The van der Waals surface area contributed by atoms with Gasteiger partial charge in [0.05, 0.1) is 11.0 Å². The lowest BCUT2D eigenvalue weighted by atomic mass is 10.1. The summed E-state index contributed by atoms with van der Waals surface area (Å²) in [5.41, 5.74) is 3.14. The molecule has 1 fully saturated rings. The van der Waals surface area contributed by atoms with E-state index in [9.17, 15) is 9.59 Å². The number of piperidine rings is 1. The smallest absolute Gasteiger partial charge is 0.294 e. The first-order valence-electron chi connectivity index (χ1n) is 11.1. The van der Waals surface area contributed by atoms with Crippen molar-refractivity contribution in [3.8, 4) is 11.5 Å². The van der Waals surface area contributed by atoms with Crippen molar-refractivity contribution in [2.45, 2.75) is 39.7 Å². The van der Waals surface area contributed by atoms with E-state index in [0.717, 1.165) is 47.9 Å². The van der Waals surface area contributed by atoms with Gasteiger partial charge in [-0.3, -0.25) is 9.59 Å². The first-order chi connectivity index (χ1) is 16.0. The average Bonchev–Trinajstić information content (AvgIpc) is 3.50. The standard InChI is InChI=1S/C24H25N5O3S/c1-15-8-6-9-16(2)19(15)25-18(30)14-29-23(31)21-22(20(27-29)17-10-7-13-32-17)33-24(26-21)28-11-4-3-5-12-28/h6-10,13H,3-5,11-12,14H2,1-2H3,(H,25,30). The number of anilines is 2. The maximum absolute atomic E-state index is 13.3. The highest BCUT2D eigenvalue weighted by atomic mass is 32.1. The van der Waals surface area contributed by atoms with E-state index in [0.29, 0.717) is 21.7 Å². The molecule has 1 aliphatic rings. The number of amides is 1. The lowest BCUT2D eigenvalue weighted by Gasteiger charge is -2.25. The lowest BCUT2D eigenvalue weighted by Crippen LogP contribution is -2.31. The van der Waals surface area contributed by atoms with Gasteiger partial charge in [-0.2, -0.15) is 5.10 Å². The van der Waals surface area contributed by atoms with Gasteiger partial charge in [-0.15, -0.1) is 0 Å². The number of nitrogens with one attached hydrogen (secondary N) is 1. The van der Waals surface area contributed by atoms with Gasteiger partial charge in [-0.25, -0.2) is 9.67 Å². The van der Waals surface area contributed by atoms with E-state index in [1.807, 2.05) is 32.0 Å².